The van der Waals surface area contributed by atoms with Gasteiger partial charge >= 0.3 is 5.97 Å². The third-order valence-corrected chi connectivity index (χ3v) is 4.01. The van der Waals surface area contributed by atoms with Crippen LogP contribution < -0.4 is 0 Å². The summed E-state index contributed by atoms with van der Waals surface area (Å²) in [6, 6.07) is 13.4. The Labute approximate surface area is 146 Å². The Kier molecular flexibility index (Phi) is 4.32. The maximum Gasteiger partial charge on any atom is 0.338 e. The smallest absolute Gasteiger partial charge is 0.338 e. The lowest BCUT2D eigenvalue weighted by atomic mass is 9.93. The second kappa shape index (κ2) is 6.60. The largest absolute Gasteiger partial charge is 0.465 e. The summed E-state index contributed by atoms with van der Waals surface area (Å²) in [4.78, 5) is 33.3. The zero-order valence-electron chi connectivity index (χ0n) is 13.5. The molecule has 0 aliphatic carbocycles. The van der Waals surface area contributed by atoms with Crippen LogP contribution in [0.5, 0.6) is 0 Å². The number of fused-ring (bicyclic) bond motifs is 1. The number of ether oxygens (including phenoxy) is 1. The molecule has 0 aliphatic rings. The van der Waals surface area contributed by atoms with Crippen LogP contribution in [0.2, 0.25) is 0 Å². The number of hydrogen-bond donors (Lipinski definition) is 0. The maximum absolute atomic E-state index is 12.1. The van der Waals surface area contributed by atoms with Crippen molar-refractivity contribution in [3.63, 3.8) is 0 Å². The molecule has 0 amide bonds. The van der Waals surface area contributed by atoms with Crippen molar-refractivity contribution in [2.24, 2.45) is 0 Å². The quantitative estimate of drug-likeness (QED) is 0.397. The molecule has 0 aromatic heterocycles. The fraction of sp³-hybridized carbons (Fsp3) is 0.0556. The number of nitro benzene ring substituents is 2. The third-order valence-electron chi connectivity index (χ3n) is 4.01. The molecule has 0 heterocycles. The Morgan fingerprint density at radius 3 is 2.15 bits per heavy atom. The highest BCUT2D eigenvalue weighted by Crippen LogP contribution is 2.37. The summed E-state index contributed by atoms with van der Waals surface area (Å²) in [6.45, 7) is 0. The minimum Gasteiger partial charge on any atom is -0.465 e. The number of nitro groups is 2. The maximum atomic E-state index is 12.1. The highest BCUT2D eigenvalue weighted by atomic mass is 16.6. The van der Waals surface area contributed by atoms with Gasteiger partial charge in [0.25, 0.3) is 11.4 Å². The lowest BCUT2D eigenvalue weighted by molar-refractivity contribution is -0.384. The minimum atomic E-state index is -0.730. The molecule has 0 saturated heterocycles. The number of carbonyl (C=O) groups is 1. The van der Waals surface area contributed by atoms with Gasteiger partial charge in [-0.2, -0.15) is 0 Å². The van der Waals surface area contributed by atoms with Crippen molar-refractivity contribution in [1.82, 2.24) is 0 Å². The molecular weight excluding hydrogens is 340 g/mol. The summed E-state index contributed by atoms with van der Waals surface area (Å²) >= 11 is 0. The fourth-order valence-electron chi connectivity index (χ4n) is 2.84. The molecule has 0 fully saturated rings. The van der Waals surface area contributed by atoms with Crippen molar-refractivity contribution in [3.8, 4) is 11.1 Å². The van der Waals surface area contributed by atoms with Crippen LogP contribution in [0.1, 0.15) is 10.4 Å². The molecule has 0 unspecified atom stereocenters. The van der Waals surface area contributed by atoms with Crippen LogP contribution in [0.3, 0.4) is 0 Å². The molecule has 3 aromatic rings. The predicted molar refractivity (Wildman–Crippen MR) is 94.0 cm³/mol. The highest BCUT2D eigenvalue weighted by molar-refractivity contribution is 6.06. The molecule has 0 aliphatic heterocycles. The zero-order valence-corrected chi connectivity index (χ0v) is 13.5. The van der Waals surface area contributed by atoms with Crippen LogP contribution in [0.15, 0.2) is 54.6 Å². The Morgan fingerprint density at radius 1 is 0.885 bits per heavy atom. The van der Waals surface area contributed by atoms with Crippen molar-refractivity contribution in [3.05, 3.63) is 80.4 Å². The summed E-state index contributed by atoms with van der Waals surface area (Å²) in [6.07, 6.45) is 0. The van der Waals surface area contributed by atoms with Crippen LogP contribution in [-0.2, 0) is 4.74 Å². The molecule has 0 N–H and O–H groups in total. The van der Waals surface area contributed by atoms with E-state index >= 15 is 0 Å². The van der Waals surface area contributed by atoms with Crippen LogP contribution >= 0.6 is 0 Å². The predicted octanol–water partition coefficient (Wildman–Crippen LogP) is 4.11. The van der Waals surface area contributed by atoms with Gasteiger partial charge in [0.15, 0.2) is 0 Å². The molecule has 3 aromatic carbocycles. The van der Waals surface area contributed by atoms with E-state index < -0.39 is 15.8 Å². The fourth-order valence-corrected chi connectivity index (χ4v) is 2.84. The number of rotatable bonds is 4. The topological polar surface area (TPSA) is 113 Å². The van der Waals surface area contributed by atoms with Gasteiger partial charge in [0.05, 0.1) is 27.9 Å². The number of non-ortho nitro benzene ring substituents is 2. The zero-order chi connectivity index (χ0) is 18.8. The second-order valence-corrected chi connectivity index (χ2v) is 5.41. The van der Waals surface area contributed by atoms with Gasteiger partial charge in [-0.15, -0.1) is 0 Å². The molecule has 0 bridgehead atoms. The Bertz CT molecular complexity index is 1060. The van der Waals surface area contributed by atoms with E-state index in [-0.39, 0.29) is 16.9 Å². The number of carbonyl (C=O) groups excluding carboxylic acids is 1. The Morgan fingerprint density at radius 2 is 1.54 bits per heavy atom. The molecule has 0 spiro atoms. The average Bonchev–Trinajstić information content (AvgIpc) is 2.65. The molecule has 8 nitrogen and oxygen atoms in total. The highest BCUT2D eigenvalue weighted by Gasteiger charge is 2.21. The van der Waals surface area contributed by atoms with Crippen LogP contribution in [0, 0.1) is 20.2 Å². The van der Waals surface area contributed by atoms with E-state index in [4.69, 9.17) is 4.74 Å². The van der Waals surface area contributed by atoms with Gasteiger partial charge in [0.1, 0.15) is 0 Å². The molecule has 8 heteroatoms. The van der Waals surface area contributed by atoms with Gasteiger partial charge in [-0.1, -0.05) is 18.2 Å². The first kappa shape index (κ1) is 17.0. The molecule has 130 valence electrons. The van der Waals surface area contributed by atoms with Crippen LogP contribution in [0.25, 0.3) is 21.9 Å². The molecule has 0 atom stereocenters. The van der Waals surface area contributed by atoms with Crippen molar-refractivity contribution in [2.45, 2.75) is 0 Å². The summed E-state index contributed by atoms with van der Waals surface area (Å²) < 4.78 is 4.74. The van der Waals surface area contributed by atoms with Gasteiger partial charge < -0.3 is 4.74 Å². The van der Waals surface area contributed by atoms with Gasteiger partial charge in [-0.25, -0.2) is 4.79 Å². The number of benzene rings is 3. The first-order chi connectivity index (χ1) is 12.4. The number of nitrogens with zero attached hydrogens (tertiary/aromatic N) is 2. The summed E-state index contributed by atoms with van der Waals surface area (Å²) in [5, 5.41) is 23.2. The monoisotopic (exact) mass is 352 g/mol. The Hall–Kier alpha value is -3.81. The van der Waals surface area contributed by atoms with E-state index in [1.807, 2.05) is 0 Å². The normalized spacial score (nSPS) is 10.5. The number of esters is 1. The molecule has 0 saturated carbocycles. The lowest BCUT2D eigenvalue weighted by Crippen LogP contribution is -2.05. The molecular formula is C18H12N2O6. The summed E-state index contributed by atoms with van der Waals surface area (Å²) in [5.41, 5.74) is 0.641. The second-order valence-electron chi connectivity index (χ2n) is 5.41. The minimum absolute atomic E-state index is 0.0145. The SMILES string of the molecule is COC(=O)c1cc([N+](=O)[O-])ccc1-c1ccc([N+](=O)[O-])c2ccccc12. The van der Waals surface area contributed by atoms with E-state index in [1.54, 1.807) is 24.3 Å². The summed E-state index contributed by atoms with van der Waals surface area (Å²) in [5.74, 6) is -0.730. The van der Waals surface area contributed by atoms with Gasteiger partial charge in [0.2, 0.25) is 0 Å². The summed E-state index contributed by atoms with van der Waals surface area (Å²) in [7, 11) is 1.18. The van der Waals surface area contributed by atoms with Crippen molar-refractivity contribution >= 4 is 28.1 Å². The van der Waals surface area contributed by atoms with E-state index in [0.29, 0.717) is 21.9 Å². The first-order valence-electron chi connectivity index (χ1n) is 7.47. The van der Waals surface area contributed by atoms with Crippen LogP contribution in [0.4, 0.5) is 11.4 Å². The van der Waals surface area contributed by atoms with Gasteiger partial charge in [0, 0.05) is 18.2 Å². The first-order valence-corrected chi connectivity index (χ1v) is 7.47. The lowest BCUT2D eigenvalue weighted by Gasteiger charge is -2.11. The van der Waals surface area contributed by atoms with Gasteiger partial charge in [-0.05, 0) is 34.7 Å². The molecule has 26 heavy (non-hydrogen) atoms. The Balaban J connectivity index is 2.34. The van der Waals surface area contributed by atoms with E-state index in [1.165, 1.54) is 31.4 Å². The van der Waals surface area contributed by atoms with Crippen molar-refractivity contribution < 1.29 is 19.4 Å². The number of methoxy groups -OCH3 is 1. The molecule has 0 radical (unpaired) electrons. The standard InChI is InChI=1S/C18H12N2O6/c1-26-18(21)16-10-11(19(22)23)6-7-14(16)13-8-9-17(20(24)25)15-5-3-2-4-12(13)15/h2-10H,1H3. The number of hydrogen-bond acceptors (Lipinski definition) is 6. The molecule has 3 rings (SSSR count). The third kappa shape index (κ3) is 2.84. The van der Waals surface area contributed by atoms with Crippen molar-refractivity contribution in [2.75, 3.05) is 7.11 Å². The average molecular weight is 352 g/mol. The van der Waals surface area contributed by atoms with E-state index in [0.717, 1.165) is 6.07 Å². The van der Waals surface area contributed by atoms with Crippen LogP contribution in [-0.4, -0.2) is 22.9 Å². The van der Waals surface area contributed by atoms with E-state index in [2.05, 4.69) is 0 Å². The van der Waals surface area contributed by atoms with Crippen molar-refractivity contribution in [1.29, 1.82) is 0 Å². The van der Waals surface area contributed by atoms with E-state index in [9.17, 15) is 25.0 Å². The van der Waals surface area contributed by atoms with Gasteiger partial charge in [-0.3, -0.25) is 20.2 Å².